The van der Waals surface area contributed by atoms with Crippen LogP contribution in [0.15, 0.2) is 30.3 Å². The van der Waals surface area contributed by atoms with Crippen molar-refractivity contribution in [3.63, 3.8) is 0 Å². The summed E-state index contributed by atoms with van der Waals surface area (Å²) in [4.78, 5) is 11.5. The van der Waals surface area contributed by atoms with Crippen LogP contribution in [0.2, 0.25) is 0 Å². The van der Waals surface area contributed by atoms with E-state index in [1.54, 1.807) is 32.9 Å². The number of carbonyl (C=O) groups excluding carboxylic acids is 1. The number of aliphatic hydroxyl groups excluding tert-OH is 1. The van der Waals surface area contributed by atoms with Crippen molar-refractivity contribution in [2.24, 2.45) is 0 Å². The summed E-state index contributed by atoms with van der Waals surface area (Å²) in [5.74, 6) is -0.385. The molecule has 0 bridgehead atoms. The highest BCUT2D eigenvalue weighted by Crippen LogP contribution is 2.18. The minimum atomic E-state index is -0.795. The molecule has 88 valence electrons. The van der Waals surface area contributed by atoms with Gasteiger partial charge in [-0.3, -0.25) is 4.79 Å². The molecule has 0 unspecified atom stereocenters. The Kier molecular flexibility index (Phi) is 4.07. The van der Waals surface area contributed by atoms with Crippen molar-refractivity contribution in [3.8, 4) is 0 Å². The molecule has 0 spiro atoms. The van der Waals surface area contributed by atoms with Crippen molar-refractivity contribution in [2.45, 2.75) is 38.9 Å². The Bertz CT molecular complexity index is 338. The Balaban J connectivity index is 2.52. The zero-order valence-corrected chi connectivity index (χ0v) is 9.93. The highest BCUT2D eigenvalue weighted by Gasteiger charge is 2.19. The second-order valence-corrected chi connectivity index (χ2v) is 4.72. The SMILES string of the molecule is CC(C)(C)OC(=O)C[C@H](O)c1ccccc1. The Morgan fingerprint density at radius 3 is 2.38 bits per heavy atom. The van der Waals surface area contributed by atoms with E-state index in [1.165, 1.54) is 0 Å². The summed E-state index contributed by atoms with van der Waals surface area (Å²) in [5.41, 5.74) is 0.224. The first-order valence-electron chi connectivity index (χ1n) is 5.33. The van der Waals surface area contributed by atoms with Crippen LogP contribution in [-0.4, -0.2) is 16.7 Å². The molecule has 1 rings (SSSR count). The van der Waals surface area contributed by atoms with Crippen LogP contribution in [0.1, 0.15) is 38.9 Å². The van der Waals surface area contributed by atoms with E-state index in [0.717, 1.165) is 5.56 Å². The Morgan fingerprint density at radius 2 is 1.88 bits per heavy atom. The van der Waals surface area contributed by atoms with E-state index in [1.807, 2.05) is 18.2 Å². The van der Waals surface area contributed by atoms with Gasteiger partial charge < -0.3 is 9.84 Å². The van der Waals surface area contributed by atoms with Crippen molar-refractivity contribution < 1.29 is 14.6 Å². The molecule has 0 fully saturated rings. The first-order chi connectivity index (χ1) is 7.38. The average molecular weight is 222 g/mol. The molecule has 0 saturated carbocycles. The van der Waals surface area contributed by atoms with Gasteiger partial charge in [-0.1, -0.05) is 30.3 Å². The molecule has 0 amide bonds. The molecule has 0 aliphatic carbocycles. The van der Waals surface area contributed by atoms with E-state index in [2.05, 4.69) is 0 Å². The van der Waals surface area contributed by atoms with E-state index >= 15 is 0 Å². The molecule has 0 radical (unpaired) electrons. The number of ether oxygens (including phenoxy) is 1. The summed E-state index contributed by atoms with van der Waals surface area (Å²) in [6.07, 6.45) is -0.808. The summed E-state index contributed by atoms with van der Waals surface area (Å²) in [7, 11) is 0. The van der Waals surface area contributed by atoms with Crippen molar-refractivity contribution in [1.29, 1.82) is 0 Å². The average Bonchev–Trinajstić information content (AvgIpc) is 2.16. The van der Waals surface area contributed by atoms with Crippen molar-refractivity contribution in [3.05, 3.63) is 35.9 Å². The van der Waals surface area contributed by atoms with Crippen LogP contribution < -0.4 is 0 Å². The first kappa shape index (κ1) is 12.7. The zero-order chi connectivity index (χ0) is 12.2. The fourth-order valence-corrected chi connectivity index (χ4v) is 1.33. The molecule has 1 atom stereocenters. The zero-order valence-electron chi connectivity index (χ0n) is 9.93. The number of esters is 1. The van der Waals surface area contributed by atoms with Crippen molar-refractivity contribution in [2.75, 3.05) is 0 Å². The molecular formula is C13H18O3. The van der Waals surface area contributed by atoms with Gasteiger partial charge in [-0.15, -0.1) is 0 Å². The summed E-state index contributed by atoms with van der Waals surface area (Å²) < 4.78 is 5.13. The van der Waals surface area contributed by atoms with Crippen LogP contribution in [-0.2, 0) is 9.53 Å². The van der Waals surface area contributed by atoms with Gasteiger partial charge in [0.25, 0.3) is 0 Å². The highest BCUT2D eigenvalue weighted by atomic mass is 16.6. The molecule has 0 saturated heterocycles. The fraction of sp³-hybridized carbons (Fsp3) is 0.462. The van der Waals surface area contributed by atoms with Crippen LogP contribution in [0.5, 0.6) is 0 Å². The number of carbonyl (C=O) groups is 1. The van der Waals surface area contributed by atoms with Crippen LogP contribution >= 0.6 is 0 Å². The molecule has 0 aromatic heterocycles. The normalized spacial score (nSPS) is 13.2. The largest absolute Gasteiger partial charge is 0.460 e. The third kappa shape index (κ3) is 4.45. The Hall–Kier alpha value is -1.35. The van der Waals surface area contributed by atoms with E-state index in [9.17, 15) is 9.90 Å². The lowest BCUT2D eigenvalue weighted by molar-refractivity contribution is -0.157. The minimum absolute atomic E-state index is 0.0126. The monoisotopic (exact) mass is 222 g/mol. The summed E-state index contributed by atoms with van der Waals surface area (Å²) >= 11 is 0. The molecular weight excluding hydrogens is 204 g/mol. The van der Waals surface area contributed by atoms with Gasteiger partial charge in [-0.2, -0.15) is 0 Å². The van der Waals surface area contributed by atoms with Crippen LogP contribution in [0.25, 0.3) is 0 Å². The van der Waals surface area contributed by atoms with Gasteiger partial charge >= 0.3 is 5.97 Å². The van der Waals surface area contributed by atoms with E-state index in [4.69, 9.17) is 4.74 Å². The van der Waals surface area contributed by atoms with Crippen LogP contribution in [0.3, 0.4) is 0 Å². The number of hydrogen-bond acceptors (Lipinski definition) is 3. The van der Waals surface area contributed by atoms with Gasteiger partial charge in [0.05, 0.1) is 12.5 Å². The highest BCUT2D eigenvalue weighted by molar-refractivity contribution is 5.70. The predicted octanol–water partition coefficient (Wildman–Crippen LogP) is 2.45. The predicted molar refractivity (Wildman–Crippen MR) is 61.9 cm³/mol. The Labute approximate surface area is 96.1 Å². The number of aliphatic hydroxyl groups is 1. The number of benzene rings is 1. The molecule has 16 heavy (non-hydrogen) atoms. The maximum Gasteiger partial charge on any atom is 0.309 e. The number of hydrogen-bond donors (Lipinski definition) is 1. The second kappa shape index (κ2) is 5.12. The van der Waals surface area contributed by atoms with Gasteiger partial charge in [0, 0.05) is 0 Å². The van der Waals surface area contributed by atoms with Crippen molar-refractivity contribution in [1.82, 2.24) is 0 Å². The van der Waals surface area contributed by atoms with Crippen molar-refractivity contribution >= 4 is 5.97 Å². The molecule has 0 aliphatic heterocycles. The maximum absolute atomic E-state index is 11.5. The third-order valence-corrected chi connectivity index (χ3v) is 1.96. The van der Waals surface area contributed by atoms with Gasteiger partial charge in [0.1, 0.15) is 5.60 Å². The molecule has 0 heterocycles. The van der Waals surface area contributed by atoms with Gasteiger partial charge in [-0.05, 0) is 26.3 Å². The molecule has 3 heteroatoms. The minimum Gasteiger partial charge on any atom is -0.460 e. The number of rotatable bonds is 3. The van der Waals surface area contributed by atoms with E-state index < -0.39 is 11.7 Å². The Morgan fingerprint density at radius 1 is 1.31 bits per heavy atom. The van der Waals surface area contributed by atoms with Crippen LogP contribution in [0, 0.1) is 0 Å². The lowest BCUT2D eigenvalue weighted by Gasteiger charge is -2.20. The fourth-order valence-electron chi connectivity index (χ4n) is 1.33. The third-order valence-electron chi connectivity index (χ3n) is 1.96. The van der Waals surface area contributed by atoms with E-state index in [0.29, 0.717) is 0 Å². The van der Waals surface area contributed by atoms with Gasteiger partial charge in [0.15, 0.2) is 0 Å². The molecule has 0 aliphatic rings. The van der Waals surface area contributed by atoms with Gasteiger partial charge in [-0.25, -0.2) is 0 Å². The lowest BCUT2D eigenvalue weighted by Crippen LogP contribution is -2.24. The second-order valence-electron chi connectivity index (χ2n) is 4.72. The van der Waals surface area contributed by atoms with E-state index in [-0.39, 0.29) is 12.4 Å². The summed E-state index contributed by atoms with van der Waals surface area (Å²) in [6, 6.07) is 9.09. The first-order valence-corrected chi connectivity index (χ1v) is 5.33. The molecule has 1 aromatic carbocycles. The van der Waals surface area contributed by atoms with Crippen LogP contribution in [0.4, 0.5) is 0 Å². The summed E-state index contributed by atoms with van der Waals surface area (Å²) in [6.45, 7) is 5.42. The smallest absolute Gasteiger partial charge is 0.309 e. The molecule has 3 nitrogen and oxygen atoms in total. The summed E-state index contributed by atoms with van der Waals surface area (Å²) in [5, 5.41) is 9.79. The maximum atomic E-state index is 11.5. The topological polar surface area (TPSA) is 46.5 Å². The molecule has 1 aromatic rings. The standard InChI is InChI=1S/C13H18O3/c1-13(2,3)16-12(15)9-11(14)10-7-5-4-6-8-10/h4-8,11,14H,9H2,1-3H3/t11-/m0/s1. The lowest BCUT2D eigenvalue weighted by atomic mass is 10.1. The van der Waals surface area contributed by atoms with Gasteiger partial charge in [0.2, 0.25) is 0 Å². The quantitative estimate of drug-likeness (QED) is 0.799. The molecule has 1 N–H and O–H groups in total.